The van der Waals surface area contributed by atoms with Gasteiger partial charge in [-0.15, -0.1) is 0 Å². The van der Waals surface area contributed by atoms with Crippen LogP contribution in [0.2, 0.25) is 0 Å². The number of aromatic amines is 2. The monoisotopic (exact) mass is 453 g/mol. The summed E-state index contributed by atoms with van der Waals surface area (Å²) in [6.07, 6.45) is -2.68. The van der Waals surface area contributed by atoms with Gasteiger partial charge in [-0.25, -0.2) is 4.98 Å². The number of rotatable bonds is 2. The van der Waals surface area contributed by atoms with Crippen LogP contribution in [0.5, 0.6) is 0 Å². The van der Waals surface area contributed by atoms with E-state index in [0.717, 1.165) is 32.3 Å². The van der Waals surface area contributed by atoms with Gasteiger partial charge in [0.05, 0.1) is 12.4 Å². The Morgan fingerprint density at radius 3 is 2.50 bits per heavy atom. The molecule has 4 atom stereocenters. The summed E-state index contributed by atoms with van der Waals surface area (Å²) in [7, 11) is 0. The standard InChI is InChI=1S/C25H19N5O4/c31-20-14-8-12-5-4-10-2-1-3-11-6-7-13(16(12)15(10)11)17(14)18(21(32)22(20)33)28-25-29-23-19(24(34)30-25)26-9-27-23/h1-9,18,20-22,31-33H,(H3,26,27,28,29,30,34)/t18-,20-,21+,22+/m1/s1. The minimum absolute atomic E-state index is 0.105. The molecule has 7 rings (SSSR count). The fourth-order valence-corrected chi connectivity index (χ4v) is 5.40. The summed E-state index contributed by atoms with van der Waals surface area (Å²) in [5, 5.41) is 41.8. The van der Waals surface area contributed by atoms with Crippen LogP contribution in [0.15, 0.2) is 59.7 Å². The summed E-state index contributed by atoms with van der Waals surface area (Å²) < 4.78 is 0. The van der Waals surface area contributed by atoms with Gasteiger partial charge in [0.2, 0.25) is 5.95 Å². The van der Waals surface area contributed by atoms with Crippen LogP contribution < -0.4 is 10.9 Å². The Bertz CT molecular complexity index is 1780. The van der Waals surface area contributed by atoms with Gasteiger partial charge in [0, 0.05) is 0 Å². The second-order valence-corrected chi connectivity index (χ2v) is 8.80. The van der Waals surface area contributed by atoms with Crippen LogP contribution in [0.4, 0.5) is 5.95 Å². The molecule has 1 aliphatic rings. The summed E-state index contributed by atoms with van der Waals surface area (Å²) in [4.78, 5) is 26.2. The van der Waals surface area contributed by atoms with Crippen LogP contribution >= 0.6 is 0 Å². The Labute approximate surface area is 191 Å². The molecule has 6 aromatic rings. The van der Waals surface area contributed by atoms with E-state index in [1.807, 2.05) is 36.4 Å². The molecule has 1 aliphatic carbocycles. The molecule has 0 saturated heterocycles. The second kappa shape index (κ2) is 6.73. The number of aromatic nitrogens is 4. The molecule has 2 heterocycles. The zero-order chi connectivity index (χ0) is 23.1. The van der Waals surface area contributed by atoms with Crippen molar-refractivity contribution in [3.8, 4) is 0 Å². The first-order chi connectivity index (χ1) is 16.5. The van der Waals surface area contributed by atoms with Gasteiger partial charge in [-0.3, -0.25) is 9.78 Å². The van der Waals surface area contributed by atoms with Gasteiger partial charge < -0.3 is 25.6 Å². The zero-order valence-electron chi connectivity index (χ0n) is 17.6. The van der Waals surface area contributed by atoms with Crippen molar-refractivity contribution >= 4 is 49.4 Å². The van der Waals surface area contributed by atoms with Gasteiger partial charge >= 0.3 is 0 Å². The number of hydrogen-bond acceptors (Lipinski definition) is 7. The zero-order valence-corrected chi connectivity index (χ0v) is 17.6. The second-order valence-electron chi connectivity index (χ2n) is 8.80. The Morgan fingerprint density at radius 2 is 1.68 bits per heavy atom. The average Bonchev–Trinajstić information content (AvgIpc) is 3.33. The first-order valence-electron chi connectivity index (χ1n) is 11.0. The van der Waals surface area contributed by atoms with Crippen LogP contribution in [0.25, 0.3) is 43.5 Å². The fourth-order valence-electron chi connectivity index (χ4n) is 5.40. The number of anilines is 1. The number of nitrogens with one attached hydrogen (secondary N) is 3. The third-order valence-electron chi connectivity index (χ3n) is 6.95. The molecule has 34 heavy (non-hydrogen) atoms. The molecule has 9 heteroatoms. The smallest absolute Gasteiger partial charge is 0.278 e. The van der Waals surface area contributed by atoms with E-state index in [0.29, 0.717) is 11.1 Å². The highest BCUT2D eigenvalue weighted by Gasteiger charge is 2.42. The number of fused-ring (bicyclic) bond motifs is 3. The van der Waals surface area contributed by atoms with Crippen molar-refractivity contribution in [3.63, 3.8) is 0 Å². The Hall–Kier alpha value is -4.05. The van der Waals surface area contributed by atoms with E-state index in [4.69, 9.17) is 0 Å². The maximum absolute atomic E-state index is 12.4. The lowest BCUT2D eigenvalue weighted by molar-refractivity contribution is -0.0767. The normalized spacial score (nSPS) is 22.7. The molecule has 4 aromatic carbocycles. The summed E-state index contributed by atoms with van der Waals surface area (Å²) in [6.45, 7) is 0. The highest BCUT2D eigenvalue weighted by molar-refractivity contribution is 6.24. The quantitative estimate of drug-likeness (QED) is 0.221. The topological polar surface area (TPSA) is 147 Å². The summed E-state index contributed by atoms with van der Waals surface area (Å²) in [5.41, 5.74) is 1.23. The van der Waals surface area contributed by atoms with Crippen LogP contribution in [0.3, 0.4) is 0 Å². The third-order valence-corrected chi connectivity index (χ3v) is 6.95. The predicted octanol–water partition coefficient (Wildman–Crippen LogP) is 2.47. The molecule has 9 nitrogen and oxygen atoms in total. The maximum Gasteiger partial charge on any atom is 0.278 e. The van der Waals surface area contributed by atoms with E-state index in [2.05, 4.69) is 37.4 Å². The minimum atomic E-state index is -1.43. The van der Waals surface area contributed by atoms with Gasteiger partial charge in [-0.05, 0) is 49.5 Å². The van der Waals surface area contributed by atoms with E-state index < -0.39 is 29.9 Å². The number of H-pyrrole nitrogens is 2. The summed E-state index contributed by atoms with van der Waals surface area (Å²) >= 11 is 0. The van der Waals surface area contributed by atoms with Crippen molar-refractivity contribution in [2.24, 2.45) is 0 Å². The molecule has 0 fully saturated rings. The highest BCUT2D eigenvalue weighted by atomic mass is 16.4. The molecule has 0 spiro atoms. The van der Waals surface area contributed by atoms with Gasteiger partial charge in [0.25, 0.3) is 5.56 Å². The summed E-state index contributed by atoms with van der Waals surface area (Å²) in [5.74, 6) is 0.105. The highest BCUT2D eigenvalue weighted by Crippen LogP contribution is 2.46. The minimum Gasteiger partial charge on any atom is -0.388 e. The Morgan fingerprint density at radius 1 is 0.912 bits per heavy atom. The van der Waals surface area contributed by atoms with E-state index >= 15 is 0 Å². The number of benzene rings is 4. The van der Waals surface area contributed by atoms with Crippen molar-refractivity contribution in [1.29, 1.82) is 0 Å². The number of nitrogens with zero attached hydrogens (tertiary/aromatic N) is 2. The first kappa shape index (κ1) is 19.4. The number of aliphatic hydroxyl groups excluding tert-OH is 3. The van der Waals surface area contributed by atoms with Crippen molar-refractivity contribution < 1.29 is 15.3 Å². The molecule has 0 bridgehead atoms. The molecule has 0 unspecified atom stereocenters. The molecular formula is C25H19N5O4. The molecule has 6 N–H and O–H groups in total. The van der Waals surface area contributed by atoms with Crippen molar-refractivity contribution in [3.05, 3.63) is 76.3 Å². The lowest BCUT2D eigenvalue weighted by atomic mass is 9.77. The van der Waals surface area contributed by atoms with Gasteiger partial charge in [0.15, 0.2) is 11.2 Å². The molecule has 168 valence electrons. The van der Waals surface area contributed by atoms with E-state index in [1.165, 1.54) is 6.33 Å². The number of imidazole rings is 1. The van der Waals surface area contributed by atoms with Gasteiger partial charge in [-0.1, -0.05) is 42.5 Å². The van der Waals surface area contributed by atoms with Crippen LogP contribution in [0, 0.1) is 0 Å². The van der Waals surface area contributed by atoms with Crippen LogP contribution in [0.1, 0.15) is 23.3 Å². The fraction of sp³-hybridized carbons (Fsp3) is 0.160. The predicted molar refractivity (Wildman–Crippen MR) is 128 cm³/mol. The molecule has 0 aliphatic heterocycles. The van der Waals surface area contributed by atoms with Crippen molar-refractivity contribution in [2.75, 3.05) is 5.32 Å². The third kappa shape index (κ3) is 2.51. The lowest BCUT2D eigenvalue weighted by Crippen LogP contribution is -2.44. The maximum atomic E-state index is 12.4. The number of hydrogen-bond donors (Lipinski definition) is 6. The molecular weight excluding hydrogens is 434 g/mol. The molecule has 0 radical (unpaired) electrons. The molecule has 0 amide bonds. The van der Waals surface area contributed by atoms with Crippen molar-refractivity contribution in [2.45, 2.75) is 24.4 Å². The SMILES string of the molecule is O=c1[nH]c(N[C@@H]2c3c(cc4ccc5cccc6ccc3c4c56)[C@@H](O)[C@H](O)[C@H]2O)nc2nc[nH]c12. The van der Waals surface area contributed by atoms with E-state index in [-0.39, 0.29) is 17.1 Å². The first-order valence-corrected chi connectivity index (χ1v) is 11.0. The van der Waals surface area contributed by atoms with E-state index in [9.17, 15) is 20.1 Å². The van der Waals surface area contributed by atoms with Crippen LogP contribution in [-0.2, 0) is 0 Å². The Kier molecular flexibility index (Phi) is 3.85. The largest absolute Gasteiger partial charge is 0.388 e. The van der Waals surface area contributed by atoms with E-state index in [1.54, 1.807) is 0 Å². The number of aliphatic hydroxyl groups is 3. The van der Waals surface area contributed by atoms with Gasteiger partial charge in [-0.2, -0.15) is 4.98 Å². The van der Waals surface area contributed by atoms with Crippen molar-refractivity contribution in [1.82, 2.24) is 19.9 Å². The Balaban J connectivity index is 1.51. The molecule has 0 saturated carbocycles. The average molecular weight is 453 g/mol. The van der Waals surface area contributed by atoms with Crippen LogP contribution in [-0.4, -0.2) is 47.5 Å². The lowest BCUT2D eigenvalue weighted by Gasteiger charge is -2.38. The summed E-state index contributed by atoms with van der Waals surface area (Å²) in [6, 6.07) is 15.2. The van der Waals surface area contributed by atoms with Gasteiger partial charge in [0.1, 0.15) is 18.3 Å². The molecule has 2 aromatic heterocycles.